The highest BCUT2D eigenvalue weighted by Crippen LogP contribution is 2.23. The van der Waals surface area contributed by atoms with Crippen molar-refractivity contribution in [2.24, 2.45) is 0 Å². The molecule has 0 amide bonds. The van der Waals surface area contributed by atoms with Crippen molar-refractivity contribution in [1.29, 1.82) is 0 Å². The van der Waals surface area contributed by atoms with Crippen molar-refractivity contribution in [3.05, 3.63) is 59.7 Å². The molecule has 110 valence electrons. The Morgan fingerprint density at radius 3 is 2.38 bits per heavy atom. The van der Waals surface area contributed by atoms with Crippen LogP contribution in [0, 0.1) is 5.82 Å². The number of carbonyl (C=O) groups is 1. The summed E-state index contributed by atoms with van der Waals surface area (Å²) in [4.78, 5) is 15.4. The third-order valence-electron chi connectivity index (χ3n) is 2.59. The average Bonchev–Trinajstić information content (AvgIpc) is 2.40. The predicted octanol–water partition coefficient (Wildman–Crippen LogP) is 3.54. The van der Waals surface area contributed by atoms with E-state index in [0.717, 1.165) is 18.3 Å². The van der Waals surface area contributed by atoms with Crippen LogP contribution in [-0.4, -0.2) is 17.1 Å². The molecule has 0 N–H and O–H groups in total. The Balaban J connectivity index is 2.07. The van der Waals surface area contributed by atoms with Gasteiger partial charge in [-0.05, 0) is 23.8 Å². The number of nitrogens with zero attached hydrogens (tertiary/aromatic N) is 1. The molecule has 3 nitrogen and oxygen atoms in total. The van der Waals surface area contributed by atoms with Crippen molar-refractivity contribution in [2.45, 2.75) is 12.8 Å². The van der Waals surface area contributed by atoms with Gasteiger partial charge in [-0.1, -0.05) is 12.1 Å². The lowest BCUT2D eigenvalue weighted by Crippen LogP contribution is -2.17. The maximum Gasteiger partial charge on any atom is 0.573 e. The minimum Gasteiger partial charge on any atom is -0.406 e. The molecule has 0 aliphatic rings. The van der Waals surface area contributed by atoms with Gasteiger partial charge >= 0.3 is 6.36 Å². The molecule has 0 unspecified atom stereocenters. The molecule has 0 aliphatic carbocycles. The molecule has 0 bridgehead atoms. The van der Waals surface area contributed by atoms with Crippen molar-refractivity contribution in [3.63, 3.8) is 0 Å². The lowest BCUT2D eigenvalue weighted by Gasteiger charge is -2.09. The van der Waals surface area contributed by atoms with E-state index < -0.39 is 18.0 Å². The standard InChI is InChI=1S/C14H9F4NO2/c15-12-8-19-6-5-11(12)13(20)7-9-1-3-10(4-2-9)21-14(16,17)18/h1-6,8H,7H2. The third kappa shape index (κ3) is 4.27. The summed E-state index contributed by atoms with van der Waals surface area (Å²) in [5, 5.41) is 0. The molecule has 2 rings (SSSR count). The Hall–Kier alpha value is -2.44. The van der Waals surface area contributed by atoms with Crippen molar-refractivity contribution >= 4 is 5.78 Å². The van der Waals surface area contributed by atoms with E-state index >= 15 is 0 Å². The minimum absolute atomic E-state index is 0.111. The number of Topliss-reactive ketones (excluding diaryl/α,β-unsaturated/α-hetero) is 1. The van der Waals surface area contributed by atoms with Gasteiger partial charge in [-0.3, -0.25) is 9.78 Å². The van der Waals surface area contributed by atoms with Crippen LogP contribution in [0.15, 0.2) is 42.7 Å². The lowest BCUT2D eigenvalue weighted by atomic mass is 10.0. The molecule has 0 saturated heterocycles. The number of benzene rings is 1. The first kappa shape index (κ1) is 15.0. The van der Waals surface area contributed by atoms with E-state index in [2.05, 4.69) is 9.72 Å². The topological polar surface area (TPSA) is 39.2 Å². The van der Waals surface area contributed by atoms with Gasteiger partial charge < -0.3 is 4.74 Å². The van der Waals surface area contributed by atoms with Crippen molar-refractivity contribution in [2.75, 3.05) is 0 Å². The Labute approximate surface area is 117 Å². The largest absolute Gasteiger partial charge is 0.573 e. The number of rotatable bonds is 4. The number of ether oxygens (including phenoxy) is 1. The molecule has 0 spiro atoms. The molecule has 2 aromatic rings. The van der Waals surface area contributed by atoms with Crippen LogP contribution >= 0.6 is 0 Å². The first-order chi connectivity index (χ1) is 9.85. The monoisotopic (exact) mass is 299 g/mol. The van der Waals surface area contributed by atoms with E-state index in [9.17, 15) is 22.4 Å². The zero-order valence-electron chi connectivity index (χ0n) is 10.5. The van der Waals surface area contributed by atoms with Crippen molar-refractivity contribution < 1.29 is 27.1 Å². The second-order valence-corrected chi connectivity index (χ2v) is 4.15. The van der Waals surface area contributed by atoms with Crippen LogP contribution < -0.4 is 4.74 Å². The zero-order chi connectivity index (χ0) is 15.5. The molecular formula is C14H9F4NO2. The van der Waals surface area contributed by atoms with Gasteiger partial charge in [0.05, 0.1) is 11.8 Å². The highest BCUT2D eigenvalue weighted by atomic mass is 19.4. The first-order valence-electron chi connectivity index (χ1n) is 5.82. The molecular weight excluding hydrogens is 290 g/mol. The summed E-state index contributed by atoms with van der Waals surface area (Å²) < 4.78 is 53.1. The molecule has 0 radical (unpaired) electrons. The molecule has 1 heterocycles. The number of hydrogen-bond acceptors (Lipinski definition) is 3. The summed E-state index contributed by atoms with van der Waals surface area (Å²) in [5.74, 6) is -1.60. The van der Waals surface area contributed by atoms with Gasteiger partial charge in [0.25, 0.3) is 0 Å². The Kier molecular flexibility index (Phi) is 4.21. The van der Waals surface area contributed by atoms with E-state index in [1.165, 1.54) is 24.4 Å². The maximum atomic E-state index is 13.4. The summed E-state index contributed by atoms with van der Waals surface area (Å²) in [6.07, 6.45) is -2.69. The molecule has 7 heteroatoms. The van der Waals surface area contributed by atoms with Crippen LogP contribution in [-0.2, 0) is 6.42 Å². The highest BCUT2D eigenvalue weighted by Gasteiger charge is 2.30. The van der Waals surface area contributed by atoms with Gasteiger partial charge in [0.2, 0.25) is 0 Å². The molecule has 0 aliphatic heterocycles. The SMILES string of the molecule is O=C(Cc1ccc(OC(F)(F)F)cc1)c1ccncc1F. The van der Waals surface area contributed by atoms with Crippen LogP contribution in [0.25, 0.3) is 0 Å². The first-order valence-corrected chi connectivity index (χ1v) is 5.82. The third-order valence-corrected chi connectivity index (χ3v) is 2.59. The molecule has 1 aromatic carbocycles. The number of pyridine rings is 1. The van der Waals surface area contributed by atoms with E-state index in [1.54, 1.807) is 0 Å². The fourth-order valence-corrected chi connectivity index (χ4v) is 1.69. The van der Waals surface area contributed by atoms with Gasteiger partial charge in [0.15, 0.2) is 11.6 Å². The quantitative estimate of drug-likeness (QED) is 0.640. The molecule has 21 heavy (non-hydrogen) atoms. The van der Waals surface area contributed by atoms with Gasteiger partial charge in [-0.25, -0.2) is 4.39 Å². The normalized spacial score (nSPS) is 11.2. The van der Waals surface area contributed by atoms with Crippen molar-refractivity contribution in [3.8, 4) is 5.75 Å². The number of aromatic nitrogens is 1. The smallest absolute Gasteiger partial charge is 0.406 e. The van der Waals surface area contributed by atoms with Crippen LogP contribution in [0.5, 0.6) is 5.75 Å². The average molecular weight is 299 g/mol. The van der Waals surface area contributed by atoms with E-state index in [-0.39, 0.29) is 17.7 Å². The van der Waals surface area contributed by atoms with E-state index in [4.69, 9.17) is 0 Å². The second kappa shape index (κ2) is 5.90. The molecule has 0 fully saturated rings. The fourth-order valence-electron chi connectivity index (χ4n) is 1.69. The number of ketones is 1. The van der Waals surface area contributed by atoms with Crippen LogP contribution in [0.1, 0.15) is 15.9 Å². The molecule has 1 aromatic heterocycles. The van der Waals surface area contributed by atoms with Gasteiger partial charge in [0, 0.05) is 12.6 Å². The summed E-state index contributed by atoms with van der Waals surface area (Å²) in [5.41, 5.74) is 0.339. The van der Waals surface area contributed by atoms with Gasteiger partial charge in [-0.2, -0.15) is 0 Å². The molecule has 0 atom stereocenters. The fraction of sp³-hybridized carbons (Fsp3) is 0.143. The number of carbonyl (C=O) groups excluding carboxylic acids is 1. The van der Waals surface area contributed by atoms with Gasteiger partial charge in [0.1, 0.15) is 5.75 Å². The Morgan fingerprint density at radius 1 is 1.14 bits per heavy atom. The minimum atomic E-state index is -4.77. The molecule has 0 saturated carbocycles. The number of hydrogen-bond donors (Lipinski definition) is 0. The van der Waals surface area contributed by atoms with Gasteiger partial charge in [-0.15, -0.1) is 13.2 Å². The summed E-state index contributed by atoms with van der Waals surface area (Å²) in [7, 11) is 0. The zero-order valence-corrected chi connectivity index (χ0v) is 10.5. The number of alkyl halides is 3. The van der Waals surface area contributed by atoms with Crippen LogP contribution in [0.3, 0.4) is 0 Å². The second-order valence-electron chi connectivity index (χ2n) is 4.15. The van der Waals surface area contributed by atoms with E-state index in [1.807, 2.05) is 0 Å². The summed E-state index contributed by atoms with van der Waals surface area (Å²) in [6.45, 7) is 0. The summed E-state index contributed by atoms with van der Waals surface area (Å²) in [6, 6.07) is 6.08. The lowest BCUT2D eigenvalue weighted by molar-refractivity contribution is -0.274. The van der Waals surface area contributed by atoms with Crippen molar-refractivity contribution in [1.82, 2.24) is 4.98 Å². The Bertz CT molecular complexity index is 638. The van der Waals surface area contributed by atoms with Crippen LogP contribution in [0.2, 0.25) is 0 Å². The Morgan fingerprint density at radius 2 is 1.81 bits per heavy atom. The number of halogens is 4. The van der Waals surface area contributed by atoms with E-state index in [0.29, 0.717) is 5.56 Å². The highest BCUT2D eigenvalue weighted by molar-refractivity contribution is 5.97. The summed E-state index contributed by atoms with van der Waals surface area (Å²) >= 11 is 0. The van der Waals surface area contributed by atoms with Crippen LogP contribution in [0.4, 0.5) is 17.6 Å². The maximum absolute atomic E-state index is 13.4. The predicted molar refractivity (Wildman–Crippen MR) is 65.4 cm³/mol.